The lowest BCUT2D eigenvalue weighted by molar-refractivity contribution is -0.120. The van der Waals surface area contributed by atoms with Crippen LogP contribution in [0.3, 0.4) is 0 Å². The van der Waals surface area contributed by atoms with Crippen molar-refractivity contribution in [2.24, 2.45) is 5.73 Å². The van der Waals surface area contributed by atoms with Crippen molar-refractivity contribution in [3.63, 3.8) is 0 Å². The summed E-state index contributed by atoms with van der Waals surface area (Å²) in [7, 11) is 0. The molecule has 0 saturated carbocycles. The van der Waals surface area contributed by atoms with Gasteiger partial charge in [0.25, 0.3) is 5.91 Å². The number of ether oxygens (including phenoxy) is 1. The fourth-order valence-electron chi connectivity index (χ4n) is 2.39. The first-order valence-electron chi connectivity index (χ1n) is 6.64. The molecule has 5 nitrogen and oxygen atoms in total. The van der Waals surface area contributed by atoms with Gasteiger partial charge in [0, 0.05) is 5.56 Å². The zero-order valence-electron chi connectivity index (χ0n) is 11.5. The Morgan fingerprint density at radius 3 is 2.59 bits per heavy atom. The summed E-state index contributed by atoms with van der Waals surface area (Å²) < 4.78 is 5.28. The van der Waals surface area contributed by atoms with E-state index in [1.807, 2.05) is 0 Å². The Balaban J connectivity index is 2.06. The predicted octanol–water partition coefficient (Wildman–Crippen LogP) is 2.25. The second kappa shape index (κ2) is 5.35. The smallest absolute Gasteiger partial charge is 0.263 e. The highest BCUT2D eigenvalue weighted by Gasteiger charge is 2.38. The predicted molar refractivity (Wildman–Crippen MR) is 83.1 cm³/mol. The van der Waals surface area contributed by atoms with Gasteiger partial charge in [-0.05, 0) is 12.1 Å². The molecule has 112 valence electrons. The highest BCUT2D eigenvalue weighted by Crippen LogP contribution is 2.37. The van der Waals surface area contributed by atoms with Crippen molar-refractivity contribution in [2.45, 2.75) is 5.00 Å². The maximum absolute atomic E-state index is 12.0. The van der Waals surface area contributed by atoms with Crippen LogP contribution in [0.5, 0.6) is 5.75 Å². The van der Waals surface area contributed by atoms with Crippen LogP contribution in [0, 0.1) is 0 Å². The summed E-state index contributed by atoms with van der Waals surface area (Å²) in [5, 5.41) is 2.89. The fourth-order valence-corrected chi connectivity index (χ4v) is 2.62. The van der Waals surface area contributed by atoms with Crippen molar-refractivity contribution in [3.8, 4) is 5.75 Å². The number of hydrogen-bond acceptors (Lipinski definition) is 4. The molecule has 0 spiro atoms. The monoisotopic (exact) mass is 316 g/mol. The van der Waals surface area contributed by atoms with Crippen LogP contribution in [0.25, 0.3) is 0 Å². The van der Waals surface area contributed by atoms with Crippen LogP contribution in [0.1, 0.15) is 15.9 Å². The minimum absolute atomic E-state index is 0.0226. The number of carbonyl (C=O) groups excluding carboxylic acids is 2. The molecule has 0 saturated heterocycles. The van der Waals surface area contributed by atoms with Crippen molar-refractivity contribution in [3.05, 3.63) is 59.7 Å². The fraction of sp³-hybridized carbons (Fsp3) is 0.125. The van der Waals surface area contributed by atoms with Crippen LogP contribution in [-0.4, -0.2) is 18.3 Å². The van der Waals surface area contributed by atoms with E-state index in [1.165, 1.54) is 0 Å². The van der Waals surface area contributed by atoms with E-state index in [0.29, 0.717) is 22.6 Å². The average Bonchev–Trinajstić information content (AvgIpc) is 2.90. The largest absolute Gasteiger partial charge is 0.485 e. The number of anilines is 1. The van der Waals surface area contributed by atoms with Crippen LogP contribution in [0.2, 0.25) is 0 Å². The molecule has 3 rings (SSSR count). The van der Waals surface area contributed by atoms with E-state index in [1.54, 1.807) is 48.5 Å². The van der Waals surface area contributed by atoms with Crippen molar-refractivity contribution in [1.82, 2.24) is 0 Å². The molecule has 1 atom stereocenters. The first kappa shape index (κ1) is 14.4. The molecule has 1 heterocycles. The Morgan fingerprint density at radius 1 is 1.18 bits per heavy atom. The number of nitrogens with one attached hydrogen (secondary N) is 1. The van der Waals surface area contributed by atoms with E-state index < -0.39 is 10.9 Å². The van der Waals surface area contributed by atoms with Crippen molar-refractivity contribution in [1.29, 1.82) is 0 Å². The average molecular weight is 317 g/mol. The number of benzene rings is 2. The quantitative estimate of drug-likeness (QED) is 0.669. The standard InChI is InChI=1S/C16H13ClN2O3/c17-16(15(18)21,10-5-2-1-3-6-10)19-11-7-4-8-13-14(11)12(20)9-22-13/h1-8,19H,9H2,(H2,18,21). The summed E-state index contributed by atoms with van der Waals surface area (Å²) in [4.78, 5) is 22.2. The molecule has 0 aromatic heterocycles. The summed E-state index contributed by atoms with van der Waals surface area (Å²) in [6, 6.07) is 13.7. The Bertz CT molecular complexity index is 748. The van der Waals surface area contributed by atoms with E-state index in [-0.39, 0.29) is 12.4 Å². The van der Waals surface area contributed by atoms with E-state index >= 15 is 0 Å². The zero-order chi connectivity index (χ0) is 15.7. The van der Waals surface area contributed by atoms with Crippen LogP contribution < -0.4 is 15.8 Å². The van der Waals surface area contributed by atoms with Crippen molar-refractivity contribution in [2.75, 3.05) is 11.9 Å². The molecule has 1 amide bonds. The van der Waals surface area contributed by atoms with Gasteiger partial charge in [-0.2, -0.15) is 0 Å². The number of carbonyl (C=O) groups is 2. The molecule has 0 aliphatic carbocycles. The summed E-state index contributed by atoms with van der Waals surface area (Å²) in [5.74, 6) is -0.467. The summed E-state index contributed by atoms with van der Waals surface area (Å²) in [6.45, 7) is -0.0226. The van der Waals surface area contributed by atoms with E-state index in [9.17, 15) is 9.59 Å². The molecule has 1 aliphatic heterocycles. The molecule has 1 unspecified atom stereocenters. The first-order chi connectivity index (χ1) is 10.5. The molecule has 6 heteroatoms. The normalized spacial score (nSPS) is 15.6. The van der Waals surface area contributed by atoms with Gasteiger partial charge in [0.2, 0.25) is 10.8 Å². The topological polar surface area (TPSA) is 81.4 Å². The summed E-state index contributed by atoms with van der Waals surface area (Å²) in [5.41, 5.74) is 6.77. The summed E-state index contributed by atoms with van der Waals surface area (Å²) in [6.07, 6.45) is 0. The Morgan fingerprint density at radius 2 is 1.91 bits per heavy atom. The molecule has 2 aromatic rings. The number of ketones is 1. The second-order valence-electron chi connectivity index (χ2n) is 4.90. The molecule has 0 bridgehead atoms. The molecule has 1 aliphatic rings. The molecule has 3 N–H and O–H groups in total. The number of rotatable bonds is 4. The SMILES string of the molecule is NC(=O)C(Cl)(Nc1cccc2c1C(=O)CO2)c1ccccc1. The number of alkyl halides is 1. The summed E-state index contributed by atoms with van der Waals surface area (Å²) >= 11 is 6.45. The van der Waals surface area contributed by atoms with E-state index in [0.717, 1.165) is 0 Å². The van der Waals surface area contributed by atoms with Gasteiger partial charge in [0.15, 0.2) is 6.61 Å². The number of halogens is 1. The molecule has 2 aromatic carbocycles. The molecule has 0 fully saturated rings. The third-order valence-corrected chi connectivity index (χ3v) is 3.98. The minimum Gasteiger partial charge on any atom is -0.485 e. The number of primary amides is 1. The zero-order valence-corrected chi connectivity index (χ0v) is 12.3. The van der Waals surface area contributed by atoms with Gasteiger partial charge in [0.05, 0.1) is 11.3 Å². The Kier molecular flexibility index (Phi) is 3.50. The molecular weight excluding hydrogens is 304 g/mol. The lowest BCUT2D eigenvalue weighted by Gasteiger charge is -2.27. The van der Waals surface area contributed by atoms with Gasteiger partial charge < -0.3 is 15.8 Å². The van der Waals surface area contributed by atoms with Gasteiger partial charge in [-0.1, -0.05) is 48.0 Å². The van der Waals surface area contributed by atoms with Gasteiger partial charge in [0.1, 0.15) is 5.75 Å². The van der Waals surface area contributed by atoms with Gasteiger partial charge in [-0.25, -0.2) is 0 Å². The lowest BCUT2D eigenvalue weighted by atomic mass is 10.0. The van der Waals surface area contributed by atoms with Crippen LogP contribution in [0.15, 0.2) is 48.5 Å². The molecule has 0 radical (unpaired) electrons. The number of fused-ring (bicyclic) bond motifs is 1. The molecular formula is C16H13ClN2O3. The second-order valence-corrected chi connectivity index (χ2v) is 5.47. The Labute approximate surface area is 132 Å². The van der Waals surface area contributed by atoms with Gasteiger partial charge in [-0.15, -0.1) is 0 Å². The third-order valence-electron chi connectivity index (χ3n) is 3.48. The van der Waals surface area contributed by atoms with Crippen LogP contribution in [-0.2, 0) is 9.79 Å². The highest BCUT2D eigenvalue weighted by molar-refractivity contribution is 6.36. The van der Waals surface area contributed by atoms with Crippen molar-refractivity contribution < 1.29 is 14.3 Å². The minimum atomic E-state index is -1.65. The highest BCUT2D eigenvalue weighted by atomic mass is 35.5. The van der Waals surface area contributed by atoms with Crippen LogP contribution >= 0.6 is 11.6 Å². The van der Waals surface area contributed by atoms with Gasteiger partial charge in [-0.3, -0.25) is 9.59 Å². The third kappa shape index (κ3) is 2.29. The number of hydrogen-bond donors (Lipinski definition) is 2. The maximum atomic E-state index is 12.0. The van der Waals surface area contributed by atoms with Crippen molar-refractivity contribution >= 4 is 29.0 Å². The van der Waals surface area contributed by atoms with E-state index in [2.05, 4.69) is 5.32 Å². The molecule has 22 heavy (non-hydrogen) atoms. The number of nitrogens with two attached hydrogens (primary N) is 1. The van der Waals surface area contributed by atoms with E-state index in [4.69, 9.17) is 22.1 Å². The van der Waals surface area contributed by atoms with Gasteiger partial charge >= 0.3 is 0 Å². The number of Topliss-reactive ketones (excluding diaryl/α,β-unsaturated/α-hetero) is 1. The lowest BCUT2D eigenvalue weighted by Crippen LogP contribution is -2.43. The number of amides is 1. The van der Waals surface area contributed by atoms with Crippen LogP contribution in [0.4, 0.5) is 5.69 Å². The Hall–Kier alpha value is -2.53. The first-order valence-corrected chi connectivity index (χ1v) is 7.01. The maximum Gasteiger partial charge on any atom is 0.263 e.